The van der Waals surface area contributed by atoms with Crippen molar-refractivity contribution in [2.45, 2.75) is 57.0 Å². The van der Waals surface area contributed by atoms with Gasteiger partial charge in [0.25, 0.3) is 0 Å². The number of ether oxygens (including phenoxy) is 1. The molecular formula is C13H24N2O2. The highest BCUT2D eigenvalue weighted by Crippen LogP contribution is 2.30. The number of carbonyl (C=O) groups is 1. The summed E-state index contributed by atoms with van der Waals surface area (Å²) in [5.74, 6) is 0.574. The molecule has 0 aromatic heterocycles. The zero-order valence-electron chi connectivity index (χ0n) is 10.7. The summed E-state index contributed by atoms with van der Waals surface area (Å²) in [4.78, 5) is 11.9. The van der Waals surface area contributed by atoms with E-state index in [1.165, 1.54) is 0 Å². The van der Waals surface area contributed by atoms with Crippen LogP contribution in [0.3, 0.4) is 0 Å². The molecule has 1 saturated heterocycles. The lowest BCUT2D eigenvalue weighted by Gasteiger charge is -2.25. The van der Waals surface area contributed by atoms with Gasteiger partial charge in [-0.25, -0.2) is 0 Å². The molecule has 1 aliphatic heterocycles. The summed E-state index contributed by atoms with van der Waals surface area (Å²) in [5.41, 5.74) is 5.96. The van der Waals surface area contributed by atoms with Crippen LogP contribution in [0, 0.1) is 5.92 Å². The van der Waals surface area contributed by atoms with Gasteiger partial charge in [0.1, 0.15) is 0 Å². The molecule has 4 nitrogen and oxygen atoms in total. The van der Waals surface area contributed by atoms with Crippen LogP contribution in [0.4, 0.5) is 0 Å². The van der Waals surface area contributed by atoms with Crippen molar-refractivity contribution in [1.82, 2.24) is 5.32 Å². The first kappa shape index (κ1) is 12.8. The molecule has 3 N–H and O–H groups in total. The van der Waals surface area contributed by atoms with Crippen LogP contribution >= 0.6 is 0 Å². The second-order valence-electron chi connectivity index (χ2n) is 5.73. The largest absolute Gasteiger partial charge is 0.381 e. The average molecular weight is 240 g/mol. The molecule has 0 spiro atoms. The minimum absolute atomic E-state index is 0.105. The highest BCUT2D eigenvalue weighted by atomic mass is 16.5. The summed E-state index contributed by atoms with van der Waals surface area (Å²) in [6.45, 7) is 3.66. The van der Waals surface area contributed by atoms with Crippen LogP contribution in [-0.2, 0) is 9.53 Å². The molecule has 0 aromatic carbocycles. The first-order chi connectivity index (χ1) is 8.09. The molecule has 2 atom stereocenters. The summed E-state index contributed by atoms with van der Waals surface area (Å²) in [6.07, 6.45) is 5.83. The van der Waals surface area contributed by atoms with E-state index < -0.39 is 0 Å². The molecule has 98 valence electrons. The Balaban J connectivity index is 1.76. The monoisotopic (exact) mass is 240 g/mol. The molecule has 2 unspecified atom stereocenters. The number of hydrogen-bond donors (Lipinski definition) is 2. The summed E-state index contributed by atoms with van der Waals surface area (Å²) in [6, 6.07) is 0.204. The lowest BCUT2D eigenvalue weighted by molar-refractivity contribution is -0.123. The number of hydrogen-bond acceptors (Lipinski definition) is 3. The van der Waals surface area contributed by atoms with Gasteiger partial charge in [-0.1, -0.05) is 12.8 Å². The maximum atomic E-state index is 11.9. The Labute approximate surface area is 103 Å². The summed E-state index contributed by atoms with van der Waals surface area (Å²) < 4.78 is 5.34. The van der Waals surface area contributed by atoms with Gasteiger partial charge in [0.2, 0.25) is 5.91 Å². The summed E-state index contributed by atoms with van der Waals surface area (Å²) >= 11 is 0. The van der Waals surface area contributed by atoms with Crippen molar-refractivity contribution in [2.24, 2.45) is 11.7 Å². The maximum absolute atomic E-state index is 11.9. The molecule has 1 heterocycles. The second-order valence-corrected chi connectivity index (χ2v) is 5.73. The molecule has 2 rings (SSSR count). The van der Waals surface area contributed by atoms with E-state index in [4.69, 9.17) is 10.5 Å². The smallest absolute Gasteiger partial charge is 0.222 e. The van der Waals surface area contributed by atoms with Gasteiger partial charge in [0.05, 0.1) is 6.61 Å². The van der Waals surface area contributed by atoms with Crippen molar-refractivity contribution in [3.8, 4) is 0 Å². The van der Waals surface area contributed by atoms with Gasteiger partial charge >= 0.3 is 0 Å². The third-order valence-corrected chi connectivity index (χ3v) is 4.17. The van der Waals surface area contributed by atoms with Crippen molar-refractivity contribution in [2.75, 3.05) is 13.2 Å². The molecule has 17 heavy (non-hydrogen) atoms. The van der Waals surface area contributed by atoms with Crippen LogP contribution in [0.5, 0.6) is 0 Å². The van der Waals surface area contributed by atoms with Crippen LogP contribution < -0.4 is 11.1 Å². The second kappa shape index (κ2) is 5.36. The molecule has 0 bridgehead atoms. The fraction of sp³-hybridized carbons (Fsp3) is 0.923. The van der Waals surface area contributed by atoms with Gasteiger partial charge in [0, 0.05) is 30.5 Å². The molecule has 0 radical (unpaired) electrons. The van der Waals surface area contributed by atoms with Crippen LogP contribution in [0.1, 0.15) is 45.4 Å². The predicted octanol–water partition coefficient (Wildman–Crippen LogP) is 1.19. The number of rotatable bonds is 4. The SMILES string of the molecule is CC(NC(=O)CC1(N)CCCC1)C1CCOC1. The first-order valence-corrected chi connectivity index (χ1v) is 6.75. The quantitative estimate of drug-likeness (QED) is 0.776. The number of amides is 1. The molecule has 1 amide bonds. The lowest BCUT2D eigenvalue weighted by Crippen LogP contribution is -2.45. The highest BCUT2D eigenvalue weighted by molar-refractivity contribution is 5.77. The molecule has 1 saturated carbocycles. The number of nitrogens with two attached hydrogens (primary N) is 1. The van der Waals surface area contributed by atoms with Crippen molar-refractivity contribution in [1.29, 1.82) is 0 Å². The molecule has 2 fully saturated rings. The number of carbonyl (C=O) groups excluding carboxylic acids is 1. The van der Waals surface area contributed by atoms with E-state index in [0.29, 0.717) is 12.3 Å². The molecule has 2 aliphatic rings. The third kappa shape index (κ3) is 3.42. The Morgan fingerprint density at radius 3 is 2.82 bits per heavy atom. The van der Waals surface area contributed by atoms with Crippen LogP contribution in [0.15, 0.2) is 0 Å². The van der Waals surface area contributed by atoms with Crippen molar-refractivity contribution >= 4 is 5.91 Å². The number of nitrogens with one attached hydrogen (secondary N) is 1. The topological polar surface area (TPSA) is 64.4 Å². The van der Waals surface area contributed by atoms with Gasteiger partial charge in [0.15, 0.2) is 0 Å². The van der Waals surface area contributed by atoms with Crippen molar-refractivity contribution in [3.63, 3.8) is 0 Å². The van der Waals surface area contributed by atoms with Gasteiger partial charge in [-0.2, -0.15) is 0 Å². The zero-order chi connectivity index (χ0) is 12.3. The van der Waals surface area contributed by atoms with Crippen molar-refractivity contribution in [3.05, 3.63) is 0 Å². The fourth-order valence-electron chi connectivity index (χ4n) is 2.95. The van der Waals surface area contributed by atoms with E-state index in [9.17, 15) is 4.79 Å². The molecular weight excluding hydrogens is 216 g/mol. The Morgan fingerprint density at radius 2 is 2.24 bits per heavy atom. The normalized spacial score (nSPS) is 29.2. The Bertz CT molecular complexity index is 269. The minimum atomic E-state index is -0.240. The Morgan fingerprint density at radius 1 is 1.53 bits per heavy atom. The predicted molar refractivity (Wildman–Crippen MR) is 66.5 cm³/mol. The highest BCUT2D eigenvalue weighted by Gasteiger charge is 2.32. The van der Waals surface area contributed by atoms with E-state index >= 15 is 0 Å². The van der Waals surface area contributed by atoms with Gasteiger partial charge in [-0.15, -0.1) is 0 Å². The van der Waals surface area contributed by atoms with E-state index in [1.807, 2.05) is 0 Å². The van der Waals surface area contributed by atoms with Crippen LogP contribution in [0.2, 0.25) is 0 Å². The van der Waals surface area contributed by atoms with E-state index in [-0.39, 0.29) is 17.5 Å². The van der Waals surface area contributed by atoms with E-state index in [2.05, 4.69) is 12.2 Å². The summed E-state index contributed by atoms with van der Waals surface area (Å²) in [7, 11) is 0. The van der Waals surface area contributed by atoms with Crippen LogP contribution in [-0.4, -0.2) is 30.7 Å². The molecule has 0 aromatic rings. The first-order valence-electron chi connectivity index (χ1n) is 6.75. The van der Waals surface area contributed by atoms with Crippen LogP contribution in [0.25, 0.3) is 0 Å². The fourth-order valence-corrected chi connectivity index (χ4v) is 2.95. The maximum Gasteiger partial charge on any atom is 0.222 e. The van der Waals surface area contributed by atoms with Gasteiger partial charge in [-0.05, 0) is 26.2 Å². The minimum Gasteiger partial charge on any atom is -0.381 e. The average Bonchev–Trinajstić information content (AvgIpc) is 2.88. The zero-order valence-corrected chi connectivity index (χ0v) is 10.7. The van der Waals surface area contributed by atoms with E-state index in [0.717, 1.165) is 45.3 Å². The summed E-state index contributed by atoms with van der Waals surface area (Å²) in [5, 5.41) is 3.07. The molecule has 1 aliphatic carbocycles. The lowest BCUT2D eigenvalue weighted by atomic mass is 9.93. The Hall–Kier alpha value is -0.610. The van der Waals surface area contributed by atoms with Gasteiger partial charge < -0.3 is 15.8 Å². The van der Waals surface area contributed by atoms with Gasteiger partial charge in [-0.3, -0.25) is 4.79 Å². The molecule has 4 heteroatoms. The Kier molecular flexibility index (Phi) is 4.05. The van der Waals surface area contributed by atoms with Crippen molar-refractivity contribution < 1.29 is 9.53 Å². The third-order valence-electron chi connectivity index (χ3n) is 4.17. The standard InChI is InChI=1S/C13H24N2O2/c1-10(11-4-7-17-9-11)15-12(16)8-13(14)5-2-3-6-13/h10-11H,2-9,14H2,1H3,(H,15,16). The van der Waals surface area contributed by atoms with E-state index in [1.54, 1.807) is 0 Å².